The minimum Gasteiger partial charge on any atom is -0.497 e. The second-order valence-corrected chi connectivity index (χ2v) is 5.73. The number of benzene rings is 2. The van der Waals surface area contributed by atoms with E-state index in [-0.39, 0.29) is 0 Å². The van der Waals surface area contributed by atoms with Gasteiger partial charge >= 0.3 is 0 Å². The Hall–Kier alpha value is -1.72. The van der Waals surface area contributed by atoms with Gasteiger partial charge in [-0.1, -0.05) is 33.6 Å². The molecule has 0 fully saturated rings. The number of carbonyl (C=O) groups excluding carboxylic acids is 1. The van der Waals surface area contributed by atoms with Crippen molar-refractivity contribution >= 4 is 39.1 Å². The lowest BCUT2D eigenvalue weighted by Crippen LogP contribution is -2.11. The number of anilines is 1. The quantitative estimate of drug-likeness (QED) is 0.842. The Kier molecular flexibility index (Phi) is 5.09. The molecule has 110 valence electrons. The molecule has 0 aliphatic rings. The number of hydrogen-bond acceptors (Lipinski definition) is 3. The molecule has 0 unspecified atom stereocenters. The van der Waals surface area contributed by atoms with E-state index in [1.54, 1.807) is 25.3 Å². The van der Waals surface area contributed by atoms with Gasteiger partial charge < -0.3 is 15.8 Å². The van der Waals surface area contributed by atoms with Gasteiger partial charge in [0.15, 0.2) is 0 Å². The van der Waals surface area contributed by atoms with Crippen LogP contribution in [0.1, 0.15) is 15.9 Å². The van der Waals surface area contributed by atoms with E-state index in [0.29, 0.717) is 17.1 Å². The van der Waals surface area contributed by atoms with E-state index >= 15 is 0 Å². The molecular weight excluding hydrogens is 356 g/mol. The maximum atomic E-state index is 11.1. The van der Waals surface area contributed by atoms with Crippen LogP contribution >= 0.6 is 27.5 Å². The minimum atomic E-state index is -0.492. The Morgan fingerprint density at radius 2 is 2.10 bits per heavy atom. The van der Waals surface area contributed by atoms with Crippen LogP contribution in [-0.2, 0) is 6.54 Å². The first-order valence-electron chi connectivity index (χ1n) is 6.16. The maximum Gasteiger partial charge on any atom is 0.248 e. The third-order valence-electron chi connectivity index (χ3n) is 2.93. The molecule has 0 atom stereocenters. The van der Waals surface area contributed by atoms with Crippen LogP contribution in [-0.4, -0.2) is 13.0 Å². The van der Waals surface area contributed by atoms with Gasteiger partial charge in [0, 0.05) is 33.4 Å². The summed E-state index contributed by atoms with van der Waals surface area (Å²) in [6.07, 6.45) is 0. The Morgan fingerprint density at radius 1 is 1.33 bits per heavy atom. The van der Waals surface area contributed by atoms with Crippen LogP contribution in [0.3, 0.4) is 0 Å². The van der Waals surface area contributed by atoms with Crippen LogP contribution in [0.4, 0.5) is 5.69 Å². The predicted octanol–water partition coefficient (Wildman–Crippen LogP) is 3.82. The molecule has 0 bridgehead atoms. The number of hydrogen-bond donors (Lipinski definition) is 2. The van der Waals surface area contributed by atoms with Gasteiger partial charge in [-0.05, 0) is 29.8 Å². The highest BCUT2D eigenvalue weighted by Gasteiger charge is 2.06. The normalized spacial score (nSPS) is 10.2. The molecule has 0 radical (unpaired) electrons. The van der Waals surface area contributed by atoms with Crippen molar-refractivity contribution in [2.24, 2.45) is 5.73 Å². The lowest BCUT2D eigenvalue weighted by Gasteiger charge is -2.11. The Bertz CT molecular complexity index is 677. The summed E-state index contributed by atoms with van der Waals surface area (Å²) in [6, 6.07) is 10.7. The van der Waals surface area contributed by atoms with E-state index in [2.05, 4.69) is 21.2 Å². The number of methoxy groups -OCH3 is 1. The topological polar surface area (TPSA) is 64.3 Å². The highest BCUT2D eigenvalue weighted by atomic mass is 79.9. The molecular formula is C15H14BrClN2O2. The summed E-state index contributed by atoms with van der Waals surface area (Å²) >= 11 is 9.57. The number of carbonyl (C=O) groups is 1. The summed E-state index contributed by atoms with van der Waals surface area (Å²) in [6.45, 7) is 0.525. The number of rotatable bonds is 5. The van der Waals surface area contributed by atoms with Gasteiger partial charge in [0.1, 0.15) is 5.75 Å². The van der Waals surface area contributed by atoms with Crippen molar-refractivity contribution < 1.29 is 9.53 Å². The first-order chi connectivity index (χ1) is 9.99. The zero-order valence-corrected chi connectivity index (χ0v) is 13.7. The van der Waals surface area contributed by atoms with Gasteiger partial charge in [-0.25, -0.2) is 0 Å². The van der Waals surface area contributed by atoms with E-state index in [1.807, 2.05) is 18.2 Å². The minimum absolute atomic E-state index is 0.396. The summed E-state index contributed by atoms with van der Waals surface area (Å²) in [7, 11) is 1.62. The molecule has 0 saturated heterocycles. The molecule has 2 aromatic carbocycles. The highest BCUT2D eigenvalue weighted by molar-refractivity contribution is 9.10. The third kappa shape index (κ3) is 4.12. The molecule has 2 rings (SSSR count). The van der Waals surface area contributed by atoms with Gasteiger partial charge in [0.2, 0.25) is 5.91 Å². The van der Waals surface area contributed by atoms with Crippen molar-refractivity contribution in [2.45, 2.75) is 6.54 Å². The second-order valence-electron chi connectivity index (χ2n) is 4.40. The Labute approximate surface area is 136 Å². The number of primary amides is 1. The molecule has 0 aliphatic carbocycles. The number of amides is 1. The third-order valence-corrected chi connectivity index (χ3v) is 3.74. The second kappa shape index (κ2) is 6.83. The largest absolute Gasteiger partial charge is 0.497 e. The fourth-order valence-corrected chi connectivity index (χ4v) is 2.54. The van der Waals surface area contributed by atoms with E-state index in [9.17, 15) is 4.79 Å². The summed E-state index contributed by atoms with van der Waals surface area (Å²) in [5.41, 5.74) is 7.39. The van der Waals surface area contributed by atoms with Crippen LogP contribution in [0, 0.1) is 0 Å². The van der Waals surface area contributed by atoms with Crippen LogP contribution in [0.5, 0.6) is 5.75 Å². The summed E-state index contributed by atoms with van der Waals surface area (Å²) in [4.78, 5) is 11.1. The van der Waals surface area contributed by atoms with Gasteiger partial charge in [0.25, 0.3) is 0 Å². The molecule has 0 aromatic heterocycles. The Morgan fingerprint density at radius 3 is 2.71 bits per heavy atom. The average molecular weight is 370 g/mol. The Balaban J connectivity index is 2.13. The lowest BCUT2D eigenvalue weighted by molar-refractivity contribution is 0.100. The molecule has 21 heavy (non-hydrogen) atoms. The summed E-state index contributed by atoms with van der Waals surface area (Å²) < 4.78 is 6.12. The smallest absolute Gasteiger partial charge is 0.248 e. The molecule has 2 aromatic rings. The molecule has 1 amide bonds. The standard InChI is InChI=1S/C15H14BrClN2O2/c1-21-13-6-11(16)5-12(7-13)19-8-10-3-2-9(15(18)20)4-14(10)17/h2-7,19H,8H2,1H3,(H2,18,20). The van der Waals surface area contributed by atoms with Crippen molar-refractivity contribution in [3.05, 3.63) is 57.0 Å². The van der Waals surface area contributed by atoms with Gasteiger partial charge in [-0.2, -0.15) is 0 Å². The van der Waals surface area contributed by atoms with E-state index in [0.717, 1.165) is 21.5 Å². The first kappa shape index (κ1) is 15.7. The van der Waals surface area contributed by atoms with E-state index in [4.69, 9.17) is 22.1 Å². The molecule has 6 heteroatoms. The fraction of sp³-hybridized carbons (Fsp3) is 0.133. The zero-order chi connectivity index (χ0) is 15.4. The number of nitrogens with one attached hydrogen (secondary N) is 1. The van der Waals surface area contributed by atoms with E-state index in [1.165, 1.54) is 0 Å². The lowest BCUT2D eigenvalue weighted by atomic mass is 10.1. The van der Waals surface area contributed by atoms with Gasteiger partial charge in [0.05, 0.1) is 7.11 Å². The average Bonchev–Trinajstić information content (AvgIpc) is 2.45. The van der Waals surface area contributed by atoms with Crippen LogP contribution in [0.15, 0.2) is 40.9 Å². The summed E-state index contributed by atoms with van der Waals surface area (Å²) in [5, 5.41) is 3.76. The number of nitrogens with two attached hydrogens (primary N) is 1. The molecule has 0 saturated carbocycles. The predicted molar refractivity (Wildman–Crippen MR) is 88.0 cm³/mol. The summed E-state index contributed by atoms with van der Waals surface area (Å²) in [5.74, 6) is 0.259. The molecule has 4 nitrogen and oxygen atoms in total. The van der Waals surface area contributed by atoms with Crippen molar-refractivity contribution in [1.82, 2.24) is 0 Å². The molecule has 0 aliphatic heterocycles. The van der Waals surface area contributed by atoms with Crippen molar-refractivity contribution in [3.8, 4) is 5.75 Å². The van der Waals surface area contributed by atoms with Crippen molar-refractivity contribution in [1.29, 1.82) is 0 Å². The van der Waals surface area contributed by atoms with Crippen LogP contribution < -0.4 is 15.8 Å². The first-order valence-corrected chi connectivity index (χ1v) is 7.33. The van der Waals surface area contributed by atoms with Gasteiger partial charge in [-0.15, -0.1) is 0 Å². The van der Waals surface area contributed by atoms with Crippen LogP contribution in [0.25, 0.3) is 0 Å². The van der Waals surface area contributed by atoms with Crippen LogP contribution in [0.2, 0.25) is 5.02 Å². The van der Waals surface area contributed by atoms with Gasteiger partial charge in [-0.3, -0.25) is 4.79 Å². The highest BCUT2D eigenvalue weighted by Crippen LogP contribution is 2.26. The molecule has 0 spiro atoms. The monoisotopic (exact) mass is 368 g/mol. The van der Waals surface area contributed by atoms with Crippen molar-refractivity contribution in [3.63, 3.8) is 0 Å². The number of ether oxygens (including phenoxy) is 1. The molecule has 0 heterocycles. The van der Waals surface area contributed by atoms with E-state index < -0.39 is 5.91 Å². The number of halogens is 2. The molecule has 3 N–H and O–H groups in total. The SMILES string of the molecule is COc1cc(Br)cc(NCc2ccc(C(N)=O)cc2Cl)c1. The zero-order valence-electron chi connectivity index (χ0n) is 11.3. The van der Waals surface area contributed by atoms with Crippen molar-refractivity contribution in [2.75, 3.05) is 12.4 Å². The fourth-order valence-electron chi connectivity index (χ4n) is 1.82. The maximum absolute atomic E-state index is 11.1.